The van der Waals surface area contributed by atoms with Crippen LogP contribution in [0.2, 0.25) is 0 Å². The first-order valence-electron chi connectivity index (χ1n) is 6.67. The van der Waals surface area contributed by atoms with Crippen molar-refractivity contribution < 1.29 is 14.8 Å². The fraction of sp³-hybridized carbons (Fsp3) is 0.500. The van der Waals surface area contributed by atoms with Crippen molar-refractivity contribution in [2.45, 2.75) is 32.1 Å². The Balaban J connectivity index is 2.42. The Morgan fingerprint density at radius 1 is 1.50 bits per heavy atom. The van der Waals surface area contributed by atoms with Crippen LogP contribution in [0.3, 0.4) is 0 Å². The average Bonchev–Trinajstić information content (AvgIpc) is 2.77. The third-order valence-electron chi connectivity index (χ3n) is 4.12. The summed E-state index contributed by atoms with van der Waals surface area (Å²) in [4.78, 5) is 21.9. The topological polar surface area (TPSA) is 106 Å². The molecule has 1 fully saturated rings. The number of nitrogen functional groups attached to an aromatic ring is 1. The summed E-state index contributed by atoms with van der Waals surface area (Å²) < 4.78 is 0. The molecule has 3 N–H and O–H groups in total. The first-order valence-corrected chi connectivity index (χ1v) is 6.67. The lowest BCUT2D eigenvalue weighted by molar-refractivity contribution is -0.384. The van der Waals surface area contributed by atoms with Crippen molar-refractivity contribution in [1.29, 1.82) is 0 Å². The van der Waals surface area contributed by atoms with E-state index in [1.807, 2.05) is 0 Å². The molecule has 3 unspecified atom stereocenters. The molecule has 0 aliphatic heterocycles. The van der Waals surface area contributed by atoms with Gasteiger partial charge in [-0.15, -0.1) is 0 Å². The van der Waals surface area contributed by atoms with Crippen LogP contribution in [0.1, 0.15) is 37.7 Å². The molecule has 3 atom stereocenters. The van der Waals surface area contributed by atoms with Crippen LogP contribution in [0.25, 0.3) is 0 Å². The molecule has 0 saturated heterocycles. The summed E-state index contributed by atoms with van der Waals surface area (Å²) in [5.41, 5.74) is 5.94. The number of carboxylic acid groups (broad SMARTS) is 1. The van der Waals surface area contributed by atoms with Crippen molar-refractivity contribution in [3.8, 4) is 0 Å². The Morgan fingerprint density at radius 2 is 2.20 bits per heavy atom. The molecule has 1 aromatic carbocycles. The normalized spacial score (nSPS) is 23.4. The highest BCUT2D eigenvalue weighted by atomic mass is 16.6. The summed E-state index contributed by atoms with van der Waals surface area (Å²) in [6.45, 7) is 2.09. The molecule has 20 heavy (non-hydrogen) atoms. The molecule has 0 radical (unpaired) electrons. The molecule has 1 aliphatic rings. The van der Waals surface area contributed by atoms with E-state index in [0.717, 1.165) is 19.3 Å². The number of nitro groups is 1. The molecular weight excluding hydrogens is 260 g/mol. The van der Waals surface area contributed by atoms with Gasteiger partial charge in [-0.25, -0.2) is 0 Å². The van der Waals surface area contributed by atoms with Crippen molar-refractivity contribution >= 4 is 17.3 Å². The fourth-order valence-corrected chi connectivity index (χ4v) is 3.14. The van der Waals surface area contributed by atoms with Gasteiger partial charge >= 0.3 is 5.97 Å². The van der Waals surface area contributed by atoms with Gasteiger partial charge in [0.2, 0.25) is 0 Å². The van der Waals surface area contributed by atoms with Gasteiger partial charge in [0.15, 0.2) is 0 Å². The Kier molecular flexibility index (Phi) is 3.92. The number of benzene rings is 1. The minimum atomic E-state index is -0.962. The van der Waals surface area contributed by atoms with E-state index in [2.05, 4.69) is 6.92 Å². The average molecular weight is 278 g/mol. The Bertz CT molecular complexity index is 544. The van der Waals surface area contributed by atoms with Crippen LogP contribution in [0.15, 0.2) is 18.2 Å². The Morgan fingerprint density at radius 3 is 2.70 bits per heavy atom. The quantitative estimate of drug-likeness (QED) is 0.500. The van der Waals surface area contributed by atoms with Crippen molar-refractivity contribution in [2.24, 2.45) is 11.8 Å². The van der Waals surface area contributed by atoms with Gasteiger partial charge in [0.05, 0.1) is 10.8 Å². The van der Waals surface area contributed by atoms with Gasteiger partial charge in [0.1, 0.15) is 5.69 Å². The van der Waals surface area contributed by atoms with Crippen LogP contribution >= 0.6 is 0 Å². The molecule has 0 bridgehead atoms. The summed E-state index contributed by atoms with van der Waals surface area (Å²) in [5, 5.41) is 20.4. The summed E-state index contributed by atoms with van der Waals surface area (Å²) >= 11 is 0. The number of nitro benzene ring substituents is 1. The van der Waals surface area contributed by atoms with E-state index in [1.165, 1.54) is 12.1 Å². The van der Waals surface area contributed by atoms with E-state index >= 15 is 0 Å². The van der Waals surface area contributed by atoms with Crippen LogP contribution in [0.5, 0.6) is 0 Å². The monoisotopic (exact) mass is 278 g/mol. The Hall–Kier alpha value is -2.11. The summed E-state index contributed by atoms with van der Waals surface area (Å²) in [7, 11) is 0. The summed E-state index contributed by atoms with van der Waals surface area (Å²) in [5.74, 6) is -1.25. The maximum absolute atomic E-state index is 11.6. The molecular formula is C14H18N2O4. The van der Waals surface area contributed by atoms with Gasteiger partial charge in [-0.3, -0.25) is 14.9 Å². The van der Waals surface area contributed by atoms with Gasteiger partial charge in [0.25, 0.3) is 5.69 Å². The van der Waals surface area contributed by atoms with Crippen LogP contribution < -0.4 is 5.73 Å². The second kappa shape index (κ2) is 5.48. The van der Waals surface area contributed by atoms with Crippen LogP contribution in [0.4, 0.5) is 11.4 Å². The number of hydrogen-bond acceptors (Lipinski definition) is 4. The molecule has 1 saturated carbocycles. The highest BCUT2D eigenvalue weighted by Crippen LogP contribution is 2.43. The first kappa shape index (κ1) is 14.3. The van der Waals surface area contributed by atoms with E-state index in [4.69, 9.17) is 5.73 Å². The van der Waals surface area contributed by atoms with Crippen LogP contribution in [-0.4, -0.2) is 16.0 Å². The molecule has 2 rings (SSSR count). The lowest BCUT2D eigenvalue weighted by Gasteiger charge is -2.21. The highest BCUT2D eigenvalue weighted by molar-refractivity contribution is 5.81. The molecule has 1 aliphatic carbocycles. The van der Waals surface area contributed by atoms with Gasteiger partial charge in [0, 0.05) is 6.07 Å². The summed E-state index contributed by atoms with van der Waals surface area (Å²) in [6, 6.07) is 4.39. The predicted octanol–water partition coefficient (Wildman–Crippen LogP) is 2.78. The van der Waals surface area contributed by atoms with E-state index < -0.39 is 16.8 Å². The van der Waals surface area contributed by atoms with Gasteiger partial charge in [-0.2, -0.15) is 0 Å². The zero-order valence-corrected chi connectivity index (χ0v) is 11.3. The molecule has 6 heteroatoms. The van der Waals surface area contributed by atoms with E-state index in [1.54, 1.807) is 6.07 Å². The number of aliphatic carboxylic acids is 1. The molecule has 0 amide bonds. The minimum Gasteiger partial charge on any atom is -0.481 e. The maximum Gasteiger partial charge on any atom is 0.311 e. The number of nitrogens with two attached hydrogens (primary N) is 1. The third kappa shape index (κ3) is 2.59. The lowest BCUT2D eigenvalue weighted by Crippen LogP contribution is -2.21. The number of hydrogen-bond donors (Lipinski definition) is 2. The minimum absolute atomic E-state index is 0.00759. The second-order valence-electron chi connectivity index (χ2n) is 5.53. The highest BCUT2D eigenvalue weighted by Gasteiger charge is 2.36. The predicted molar refractivity (Wildman–Crippen MR) is 74.4 cm³/mol. The fourth-order valence-electron chi connectivity index (χ4n) is 3.14. The number of anilines is 1. The zero-order valence-electron chi connectivity index (χ0n) is 11.3. The van der Waals surface area contributed by atoms with Gasteiger partial charge in [-0.05, 0) is 30.2 Å². The third-order valence-corrected chi connectivity index (χ3v) is 4.12. The van der Waals surface area contributed by atoms with Crippen molar-refractivity contribution in [3.05, 3.63) is 33.9 Å². The number of para-hydroxylation sites is 1. The van der Waals surface area contributed by atoms with E-state index in [9.17, 15) is 20.0 Å². The van der Waals surface area contributed by atoms with Crippen LogP contribution in [0, 0.1) is 22.0 Å². The lowest BCUT2D eigenvalue weighted by atomic mass is 9.83. The molecule has 0 aromatic heterocycles. The van der Waals surface area contributed by atoms with Crippen molar-refractivity contribution in [2.75, 3.05) is 5.73 Å². The van der Waals surface area contributed by atoms with E-state index in [-0.39, 0.29) is 17.3 Å². The number of nitrogens with zero attached hydrogens (tertiary/aromatic N) is 1. The smallest absolute Gasteiger partial charge is 0.311 e. The second-order valence-corrected chi connectivity index (χ2v) is 5.53. The maximum atomic E-state index is 11.6. The number of carbonyl (C=O) groups is 1. The first-order chi connectivity index (χ1) is 9.41. The van der Waals surface area contributed by atoms with Gasteiger partial charge in [-0.1, -0.05) is 25.5 Å². The SMILES string of the molecule is CC1CCC(C(C(=O)O)c2cccc([N+](=O)[O-])c2N)C1. The largest absolute Gasteiger partial charge is 0.481 e. The molecule has 1 aromatic rings. The van der Waals surface area contributed by atoms with Crippen molar-refractivity contribution in [3.63, 3.8) is 0 Å². The summed E-state index contributed by atoms with van der Waals surface area (Å²) in [6.07, 6.45) is 2.63. The van der Waals surface area contributed by atoms with Gasteiger partial charge < -0.3 is 10.8 Å². The van der Waals surface area contributed by atoms with E-state index in [0.29, 0.717) is 11.5 Å². The Labute approximate surface area is 116 Å². The molecule has 108 valence electrons. The van der Waals surface area contributed by atoms with Crippen LogP contribution in [-0.2, 0) is 4.79 Å². The van der Waals surface area contributed by atoms with Crippen molar-refractivity contribution in [1.82, 2.24) is 0 Å². The zero-order chi connectivity index (χ0) is 14.9. The molecule has 0 heterocycles. The number of carboxylic acids is 1. The number of rotatable bonds is 4. The standard InChI is InChI=1S/C14H18N2O4/c1-8-5-6-9(7-8)12(14(17)18)10-3-2-4-11(13(10)15)16(19)20/h2-4,8-9,12H,5-7,15H2,1H3,(H,17,18). The molecule has 0 spiro atoms. The molecule has 6 nitrogen and oxygen atoms in total.